The van der Waals surface area contributed by atoms with Crippen LogP contribution in [0.2, 0.25) is 0 Å². The molecule has 0 aromatic carbocycles. The van der Waals surface area contributed by atoms with E-state index in [1.165, 1.54) is 0 Å². The van der Waals surface area contributed by atoms with Crippen molar-refractivity contribution in [2.24, 2.45) is 5.92 Å². The van der Waals surface area contributed by atoms with Gasteiger partial charge in [-0.1, -0.05) is 0 Å². The molecule has 5 heteroatoms. The maximum Gasteiger partial charge on any atom is 0.327 e. The lowest BCUT2D eigenvalue weighted by Crippen LogP contribution is -2.59. The number of hydrogen-bond donors (Lipinski definition) is 1. The van der Waals surface area contributed by atoms with E-state index in [4.69, 9.17) is 9.47 Å². The largest absolute Gasteiger partial charge is 0.465 e. The second-order valence-electron chi connectivity index (χ2n) is 5.31. The minimum absolute atomic E-state index is 0.0869. The number of carbonyl (C=O) groups is 1. The first-order valence-corrected chi connectivity index (χ1v) is 8.24. The number of hydrogen-bond acceptors (Lipinski definition) is 5. The van der Waals surface area contributed by atoms with Gasteiger partial charge in [0.05, 0.1) is 13.2 Å². The third-order valence-electron chi connectivity index (χ3n) is 3.22. The molecule has 1 N–H and O–H groups in total. The van der Waals surface area contributed by atoms with E-state index in [2.05, 4.69) is 19.2 Å². The molecule has 0 amide bonds. The number of ether oxygens (including phenoxy) is 2. The average molecular weight is 289 g/mol. The summed E-state index contributed by atoms with van der Waals surface area (Å²) < 4.78 is 10.4. The van der Waals surface area contributed by atoms with Crippen LogP contribution < -0.4 is 5.32 Å². The van der Waals surface area contributed by atoms with Gasteiger partial charge in [0, 0.05) is 24.7 Å². The average Bonchev–Trinajstić information content (AvgIpc) is 3.17. The molecule has 0 saturated heterocycles. The number of methoxy groups -OCH3 is 1. The van der Waals surface area contributed by atoms with Gasteiger partial charge in [0.15, 0.2) is 0 Å². The van der Waals surface area contributed by atoms with Crippen molar-refractivity contribution < 1.29 is 14.3 Å². The van der Waals surface area contributed by atoms with Crippen molar-refractivity contribution in [3.63, 3.8) is 0 Å². The van der Waals surface area contributed by atoms with E-state index in [0.29, 0.717) is 12.5 Å². The van der Waals surface area contributed by atoms with Crippen molar-refractivity contribution in [1.82, 2.24) is 5.32 Å². The molecule has 19 heavy (non-hydrogen) atoms. The van der Waals surface area contributed by atoms with E-state index >= 15 is 0 Å². The van der Waals surface area contributed by atoms with Gasteiger partial charge < -0.3 is 9.47 Å². The summed E-state index contributed by atoms with van der Waals surface area (Å²) in [6.45, 7) is 7.18. The summed E-state index contributed by atoms with van der Waals surface area (Å²) >= 11 is 1.76. The molecule has 0 spiro atoms. The summed E-state index contributed by atoms with van der Waals surface area (Å²) in [5.41, 5.74) is -0.511. The molecule has 0 heterocycles. The quantitative estimate of drug-likeness (QED) is 0.493. The van der Waals surface area contributed by atoms with Crippen LogP contribution in [0.25, 0.3) is 0 Å². The van der Waals surface area contributed by atoms with Gasteiger partial charge in [-0.2, -0.15) is 11.8 Å². The number of esters is 1. The molecule has 0 bridgehead atoms. The van der Waals surface area contributed by atoms with Gasteiger partial charge in [0.25, 0.3) is 0 Å². The van der Waals surface area contributed by atoms with Crippen LogP contribution in [-0.2, 0) is 14.3 Å². The molecule has 1 rings (SSSR count). The van der Waals surface area contributed by atoms with Crippen molar-refractivity contribution in [2.45, 2.75) is 45.2 Å². The highest BCUT2D eigenvalue weighted by Crippen LogP contribution is 2.42. The first-order valence-electron chi connectivity index (χ1n) is 7.08. The first kappa shape index (κ1) is 16.8. The Hall–Kier alpha value is -0.260. The minimum Gasteiger partial charge on any atom is -0.465 e. The third-order valence-corrected chi connectivity index (χ3v) is 4.34. The molecule has 0 radical (unpaired) electrons. The SMILES string of the molecule is CCOC(=O)C(CSCCOC)(NC(C)C)C1CC1. The van der Waals surface area contributed by atoms with Crippen LogP contribution in [-0.4, -0.2) is 49.4 Å². The van der Waals surface area contributed by atoms with Crippen LogP contribution in [0.5, 0.6) is 0 Å². The number of carbonyl (C=O) groups excluding carboxylic acids is 1. The van der Waals surface area contributed by atoms with E-state index in [1.807, 2.05) is 6.92 Å². The van der Waals surface area contributed by atoms with Crippen LogP contribution in [0.3, 0.4) is 0 Å². The van der Waals surface area contributed by atoms with Crippen LogP contribution >= 0.6 is 11.8 Å². The Morgan fingerprint density at radius 2 is 2.16 bits per heavy atom. The molecule has 0 aliphatic heterocycles. The Morgan fingerprint density at radius 3 is 2.63 bits per heavy atom. The molecule has 0 aromatic heterocycles. The molecule has 112 valence electrons. The fourth-order valence-corrected chi connectivity index (χ4v) is 3.48. The molecule has 4 nitrogen and oxygen atoms in total. The first-order chi connectivity index (χ1) is 9.06. The van der Waals surface area contributed by atoms with E-state index in [-0.39, 0.29) is 12.0 Å². The summed E-state index contributed by atoms with van der Waals surface area (Å²) in [5, 5.41) is 3.48. The Morgan fingerprint density at radius 1 is 1.47 bits per heavy atom. The van der Waals surface area contributed by atoms with E-state index in [0.717, 1.165) is 31.0 Å². The van der Waals surface area contributed by atoms with Gasteiger partial charge >= 0.3 is 5.97 Å². The van der Waals surface area contributed by atoms with Crippen LogP contribution in [0.1, 0.15) is 33.6 Å². The zero-order chi connectivity index (χ0) is 14.3. The zero-order valence-electron chi connectivity index (χ0n) is 12.5. The summed E-state index contributed by atoms with van der Waals surface area (Å²) in [6.07, 6.45) is 2.23. The number of rotatable bonds is 10. The summed E-state index contributed by atoms with van der Waals surface area (Å²) in [7, 11) is 1.70. The van der Waals surface area contributed by atoms with E-state index in [1.54, 1.807) is 18.9 Å². The van der Waals surface area contributed by atoms with Crippen LogP contribution in [0.4, 0.5) is 0 Å². The summed E-state index contributed by atoms with van der Waals surface area (Å²) in [6, 6.07) is 0.271. The molecule has 1 aliphatic rings. The summed E-state index contributed by atoms with van der Waals surface area (Å²) in [4.78, 5) is 12.4. The molecule has 1 saturated carbocycles. The maximum atomic E-state index is 12.4. The highest BCUT2D eigenvalue weighted by Gasteiger charge is 2.52. The van der Waals surface area contributed by atoms with Crippen molar-refractivity contribution in [3.05, 3.63) is 0 Å². The molecule has 1 fully saturated rings. The summed E-state index contributed by atoms with van der Waals surface area (Å²) in [5.74, 6) is 2.00. The topological polar surface area (TPSA) is 47.6 Å². The van der Waals surface area contributed by atoms with Gasteiger partial charge in [-0.05, 0) is 39.5 Å². The van der Waals surface area contributed by atoms with Gasteiger partial charge in [-0.15, -0.1) is 0 Å². The normalized spacial score (nSPS) is 18.4. The van der Waals surface area contributed by atoms with Crippen molar-refractivity contribution >= 4 is 17.7 Å². The standard InChI is InChI=1S/C14H27NO3S/c1-5-18-13(16)14(12-6-7-12,15-11(2)3)10-19-9-8-17-4/h11-12,15H,5-10H2,1-4H3. The zero-order valence-corrected chi connectivity index (χ0v) is 13.3. The highest BCUT2D eigenvalue weighted by atomic mass is 32.2. The van der Waals surface area contributed by atoms with Crippen molar-refractivity contribution in [2.75, 3.05) is 31.8 Å². The molecular formula is C14H27NO3S. The fourth-order valence-electron chi connectivity index (χ4n) is 2.29. The van der Waals surface area contributed by atoms with Crippen LogP contribution in [0.15, 0.2) is 0 Å². The lowest BCUT2D eigenvalue weighted by molar-refractivity contribution is -0.151. The van der Waals surface area contributed by atoms with Gasteiger partial charge in [-0.25, -0.2) is 0 Å². The monoisotopic (exact) mass is 289 g/mol. The minimum atomic E-state index is -0.511. The van der Waals surface area contributed by atoms with Gasteiger partial charge in [0.2, 0.25) is 0 Å². The van der Waals surface area contributed by atoms with Gasteiger partial charge in [-0.3, -0.25) is 10.1 Å². The molecule has 1 atom stereocenters. The van der Waals surface area contributed by atoms with Crippen molar-refractivity contribution in [3.8, 4) is 0 Å². The lowest BCUT2D eigenvalue weighted by Gasteiger charge is -2.34. The number of thioether (sulfide) groups is 1. The van der Waals surface area contributed by atoms with E-state index in [9.17, 15) is 4.79 Å². The van der Waals surface area contributed by atoms with Gasteiger partial charge in [0.1, 0.15) is 5.54 Å². The highest BCUT2D eigenvalue weighted by molar-refractivity contribution is 7.99. The van der Waals surface area contributed by atoms with E-state index < -0.39 is 5.54 Å². The Kier molecular flexibility index (Phi) is 7.18. The smallest absolute Gasteiger partial charge is 0.327 e. The Bertz CT molecular complexity index is 282. The fraction of sp³-hybridized carbons (Fsp3) is 0.929. The third kappa shape index (κ3) is 4.97. The second kappa shape index (κ2) is 8.12. The van der Waals surface area contributed by atoms with Crippen molar-refractivity contribution in [1.29, 1.82) is 0 Å². The second-order valence-corrected chi connectivity index (χ2v) is 6.42. The Balaban J connectivity index is 2.70. The molecule has 0 aromatic rings. The molecular weight excluding hydrogens is 262 g/mol. The maximum absolute atomic E-state index is 12.4. The van der Waals surface area contributed by atoms with Crippen LogP contribution in [0, 0.1) is 5.92 Å². The Labute approximate surface area is 121 Å². The lowest BCUT2D eigenvalue weighted by atomic mass is 9.94. The molecule has 1 aliphatic carbocycles. The predicted molar refractivity (Wildman–Crippen MR) is 79.6 cm³/mol. The molecule has 1 unspecified atom stereocenters. The predicted octanol–water partition coefficient (Wildman–Crippen LogP) is 2.08. The number of nitrogens with one attached hydrogen (secondary N) is 1.